The highest BCUT2D eigenvalue weighted by Crippen LogP contribution is 2.17. The second-order valence-electron chi connectivity index (χ2n) is 7.10. The first-order chi connectivity index (χ1) is 13.7. The molecule has 1 fully saturated rings. The van der Waals surface area contributed by atoms with Crippen molar-refractivity contribution in [3.8, 4) is 5.88 Å². The van der Waals surface area contributed by atoms with Crippen molar-refractivity contribution >= 4 is 11.8 Å². The predicted octanol–water partition coefficient (Wildman–Crippen LogP) is 1.61. The van der Waals surface area contributed by atoms with Crippen LogP contribution in [0.1, 0.15) is 46.3 Å². The average Bonchev–Trinajstić information content (AvgIpc) is 3.18. The van der Waals surface area contributed by atoms with E-state index < -0.39 is 0 Å². The van der Waals surface area contributed by atoms with Crippen LogP contribution in [-0.2, 0) is 13.0 Å². The van der Waals surface area contributed by atoms with Crippen molar-refractivity contribution in [2.75, 3.05) is 32.8 Å². The van der Waals surface area contributed by atoms with Crippen molar-refractivity contribution < 1.29 is 14.3 Å². The Balaban J connectivity index is 1.35. The molecule has 4 rings (SSSR count). The molecule has 2 aromatic rings. The topological polar surface area (TPSA) is 80.6 Å². The Hall–Kier alpha value is -2.90. The molecule has 0 saturated carbocycles. The number of piperazine rings is 1. The van der Waals surface area contributed by atoms with Gasteiger partial charge < -0.3 is 14.5 Å². The van der Waals surface area contributed by atoms with Gasteiger partial charge in [0, 0.05) is 50.7 Å². The first-order valence-corrected chi connectivity index (χ1v) is 9.90. The van der Waals surface area contributed by atoms with Crippen LogP contribution in [-0.4, -0.2) is 69.2 Å². The maximum absolute atomic E-state index is 12.8. The molecule has 148 valence electrons. The lowest BCUT2D eigenvalue weighted by molar-refractivity contribution is 0.0531. The van der Waals surface area contributed by atoms with Gasteiger partial charge in [0.05, 0.1) is 12.2 Å². The molecule has 2 aliphatic rings. The SMILES string of the molecule is CCOc1ccc(C(=O)N2CCN(C(=O)c3cc4n(n3)CCCC4)CC2)cn1. The number of hydrogen-bond donors (Lipinski definition) is 0. The predicted molar refractivity (Wildman–Crippen MR) is 102 cm³/mol. The standard InChI is InChI=1S/C20H25N5O3/c1-2-28-18-7-6-15(14-21-18)19(26)23-9-11-24(12-10-23)20(27)17-13-16-5-3-4-8-25(16)22-17/h6-7,13-14H,2-5,8-12H2,1H3. The number of aromatic nitrogens is 3. The Labute approximate surface area is 164 Å². The molecule has 4 heterocycles. The molecule has 0 bridgehead atoms. The number of amides is 2. The number of nitrogens with zero attached hydrogens (tertiary/aromatic N) is 5. The van der Waals surface area contributed by atoms with E-state index in [1.165, 1.54) is 0 Å². The summed E-state index contributed by atoms with van der Waals surface area (Å²) in [7, 11) is 0. The molecule has 0 radical (unpaired) electrons. The van der Waals surface area contributed by atoms with Gasteiger partial charge in [-0.25, -0.2) is 4.98 Å². The van der Waals surface area contributed by atoms with E-state index in [1.807, 2.05) is 17.7 Å². The van der Waals surface area contributed by atoms with Crippen LogP contribution in [0.3, 0.4) is 0 Å². The van der Waals surface area contributed by atoms with Crippen molar-refractivity contribution in [3.05, 3.63) is 41.3 Å². The lowest BCUT2D eigenvalue weighted by Crippen LogP contribution is -2.50. The van der Waals surface area contributed by atoms with Gasteiger partial charge >= 0.3 is 0 Å². The molecule has 28 heavy (non-hydrogen) atoms. The van der Waals surface area contributed by atoms with Crippen LogP contribution in [0.25, 0.3) is 0 Å². The third kappa shape index (κ3) is 3.72. The molecule has 2 aliphatic heterocycles. The number of ether oxygens (including phenoxy) is 1. The van der Waals surface area contributed by atoms with Crippen molar-refractivity contribution in [2.45, 2.75) is 32.7 Å². The number of pyridine rings is 1. The van der Waals surface area contributed by atoms with E-state index in [9.17, 15) is 9.59 Å². The van der Waals surface area contributed by atoms with Gasteiger partial charge in [0.2, 0.25) is 5.88 Å². The van der Waals surface area contributed by atoms with Crippen LogP contribution in [0.15, 0.2) is 24.4 Å². The van der Waals surface area contributed by atoms with Crippen LogP contribution < -0.4 is 4.74 Å². The normalized spacial score (nSPS) is 16.6. The second-order valence-corrected chi connectivity index (χ2v) is 7.10. The molecule has 2 aromatic heterocycles. The molecule has 0 unspecified atom stereocenters. The van der Waals surface area contributed by atoms with Crippen LogP contribution in [0.4, 0.5) is 0 Å². The van der Waals surface area contributed by atoms with E-state index in [2.05, 4.69) is 10.1 Å². The molecule has 2 amide bonds. The molecule has 8 nitrogen and oxygen atoms in total. The molecule has 8 heteroatoms. The maximum Gasteiger partial charge on any atom is 0.274 e. The fourth-order valence-corrected chi connectivity index (χ4v) is 3.72. The highest BCUT2D eigenvalue weighted by molar-refractivity contribution is 5.95. The first-order valence-electron chi connectivity index (χ1n) is 9.90. The average molecular weight is 383 g/mol. The summed E-state index contributed by atoms with van der Waals surface area (Å²) in [6, 6.07) is 5.36. The molecular formula is C20H25N5O3. The van der Waals surface area contributed by atoms with Crippen molar-refractivity contribution in [1.29, 1.82) is 0 Å². The van der Waals surface area contributed by atoms with Crippen molar-refractivity contribution in [1.82, 2.24) is 24.6 Å². The van der Waals surface area contributed by atoms with Gasteiger partial charge in [0.15, 0.2) is 5.69 Å². The van der Waals surface area contributed by atoms with E-state index in [-0.39, 0.29) is 11.8 Å². The summed E-state index contributed by atoms with van der Waals surface area (Å²) in [5.74, 6) is 0.397. The molecule has 1 saturated heterocycles. The summed E-state index contributed by atoms with van der Waals surface area (Å²) in [5, 5.41) is 4.48. The first kappa shape index (κ1) is 18.5. The zero-order valence-electron chi connectivity index (χ0n) is 16.1. The zero-order chi connectivity index (χ0) is 19.5. The van der Waals surface area contributed by atoms with E-state index in [0.29, 0.717) is 49.9 Å². The number of aryl methyl sites for hydroxylation is 2. The van der Waals surface area contributed by atoms with Gasteiger partial charge in [-0.2, -0.15) is 5.10 Å². The molecule has 0 N–H and O–H groups in total. The summed E-state index contributed by atoms with van der Waals surface area (Å²) in [6.45, 7) is 5.35. The van der Waals surface area contributed by atoms with Gasteiger partial charge in [-0.1, -0.05) is 0 Å². The van der Waals surface area contributed by atoms with E-state index in [1.54, 1.807) is 28.1 Å². The zero-order valence-corrected chi connectivity index (χ0v) is 16.1. The van der Waals surface area contributed by atoms with Crippen molar-refractivity contribution in [3.63, 3.8) is 0 Å². The monoisotopic (exact) mass is 383 g/mol. The Morgan fingerprint density at radius 2 is 1.79 bits per heavy atom. The largest absolute Gasteiger partial charge is 0.478 e. The summed E-state index contributed by atoms with van der Waals surface area (Å²) in [4.78, 5) is 33.2. The van der Waals surface area contributed by atoms with E-state index >= 15 is 0 Å². The Kier molecular flexibility index (Phi) is 5.27. The Morgan fingerprint density at radius 3 is 2.43 bits per heavy atom. The molecule has 0 aromatic carbocycles. The fraction of sp³-hybridized carbons (Fsp3) is 0.500. The lowest BCUT2D eigenvalue weighted by atomic mass is 10.1. The molecule has 0 atom stereocenters. The van der Waals surface area contributed by atoms with E-state index in [4.69, 9.17) is 4.74 Å². The molecular weight excluding hydrogens is 358 g/mol. The Bertz CT molecular complexity index is 830. The van der Waals surface area contributed by atoms with Crippen LogP contribution in [0.5, 0.6) is 5.88 Å². The smallest absolute Gasteiger partial charge is 0.274 e. The summed E-state index contributed by atoms with van der Waals surface area (Å²) >= 11 is 0. The number of carbonyl (C=O) groups is 2. The minimum absolute atomic E-state index is 0.0447. The van der Waals surface area contributed by atoms with Gasteiger partial charge in [0.1, 0.15) is 0 Å². The summed E-state index contributed by atoms with van der Waals surface area (Å²) < 4.78 is 7.26. The Morgan fingerprint density at radius 1 is 1.04 bits per heavy atom. The summed E-state index contributed by atoms with van der Waals surface area (Å²) in [6.07, 6.45) is 4.79. The van der Waals surface area contributed by atoms with Gasteiger partial charge in [0.25, 0.3) is 11.8 Å². The lowest BCUT2D eigenvalue weighted by Gasteiger charge is -2.34. The quantitative estimate of drug-likeness (QED) is 0.801. The number of carbonyl (C=O) groups excluding carboxylic acids is 2. The molecule has 0 spiro atoms. The minimum atomic E-state index is -0.0693. The number of fused-ring (bicyclic) bond motifs is 1. The van der Waals surface area contributed by atoms with Crippen molar-refractivity contribution in [2.24, 2.45) is 0 Å². The van der Waals surface area contributed by atoms with Gasteiger partial charge in [-0.3, -0.25) is 14.3 Å². The second kappa shape index (κ2) is 8.00. The highest BCUT2D eigenvalue weighted by atomic mass is 16.5. The fourth-order valence-electron chi connectivity index (χ4n) is 3.72. The van der Waals surface area contributed by atoms with Crippen LogP contribution >= 0.6 is 0 Å². The maximum atomic E-state index is 12.8. The van der Waals surface area contributed by atoms with E-state index in [0.717, 1.165) is 31.5 Å². The third-order valence-electron chi connectivity index (χ3n) is 5.26. The minimum Gasteiger partial charge on any atom is -0.478 e. The highest BCUT2D eigenvalue weighted by Gasteiger charge is 2.27. The van der Waals surface area contributed by atoms with Gasteiger partial charge in [-0.15, -0.1) is 0 Å². The van der Waals surface area contributed by atoms with Crippen LogP contribution in [0, 0.1) is 0 Å². The van der Waals surface area contributed by atoms with Gasteiger partial charge in [-0.05, 0) is 38.3 Å². The molecule has 0 aliphatic carbocycles. The van der Waals surface area contributed by atoms with Crippen LogP contribution in [0.2, 0.25) is 0 Å². The number of rotatable bonds is 4. The summed E-state index contributed by atoms with van der Waals surface area (Å²) in [5.41, 5.74) is 2.20. The third-order valence-corrected chi connectivity index (χ3v) is 5.26. The number of hydrogen-bond acceptors (Lipinski definition) is 5.